The van der Waals surface area contributed by atoms with Crippen molar-refractivity contribution in [2.45, 2.75) is 37.4 Å². The molecule has 0 aromatic carbocycles. The number of carbonyl (C=O) groups is 1. The Hall–Kier alpha value is -2.14. The van der Waals surface area contributed by atoms with E-state index in [-0.39, 0.29) is 12.1 Å². The fourth-order valence-corrected chi connectivity index (χ4v) is 3.44. The number of amides is 1. The van der Waals surface area contributed by atoms with Gasteiger partial charge in [0.2, 0.25) is 0 Å². The van der Waals surface area contributed by atoms with Gasteiger partial charge in [-0.1, -0.05) is 6.07 Å². The molecule has 5 nitrogen and oxygen atoms in total. The molecule has 2 saturated heterocycles. The summed E-state index contributed by atoms with van der Waals surface area (Å²) in [5.74, 6) is 0. The topological polar surface area (TPSA) is 59.0 Å². The van der Waals surface area contributed by atoms with E-state index in [2.05, 4.69) is 15.6 Å². The van der Waals surface area contributed by atoms with Gasteiger partial charge in [-0.2, -0.15) is 0 Å². The van der Waals surface area contributed by atoms with Gasteiger partial charge in [0.25, 0.3) is 0 Å². The van der Waals surface area contributed by atoms with Crippen molar-refractivity contribution in [1.82, 2.24) is 20.2 Å². The predicted octanol–water partition coefficient (Wildman–Crippen LogP) is 2.00. The van der Waals surface area contributed by atoms with E-state index in [9.17, 15) is 4.79 Å². The smallest absolute Gasteiger partial charge is 0.325 e. The summed E-state index contributed by atoms with van der Waals surface area (Å²) in [6.45, 7) is 0. The van der Waals surface area contributed by atoms with E-state index in [1.165, 1.54) is 12.8 Å². The Balaban J connectivity index is 1.47. The molecule has 3 unspecified atom stereocenters. The molecule has 2 fully saturated rings. The van der Waals surface area contributed by atoms with E-state index >= 15 is 0 Å². The van der Waals surface area contributed by atoms with E-state index in [0.717, 1.165) is 17.5 Å². The summed E-state index contributed by atoms with van der Waals surface area (Å²) in [7, 11) is 0. The molecule has 0 radical (unpaired) electrons. The van der Waals surface area contributed by atoms with Crippen LogP contribution in [0.4, 0.5) is 4.79 Å². The van der Waals surface area contributed by atoms with Crippen LogP contribution in [0, 0.1) is 0 Å². The number of nitrogens with zero attached hydrogens (tertiary/aromatic N) is 2. The van der Waals surface area contributed by atoms with Crippen LogP contribution in [0.3, 0.4) is 0 Å². The van der Waals surface area contributed by atoms with Crippen LogP contribution in [0.15, 0.2) is 43.0 Å². The van der Waals surface area contributed by atoms with Gasteiger partial charge in [-0.15, -0.1) is 0 Å². The third kappa shape index (κ3) is 2.34. The highest BCUT2D eigenvalue weighted by Gasteiger charge is 2.39. The predicted molar refractivity (Wildman–Crippen MR) is 79.9 cm³/mol. The highest BCUT2D eigenvalue weighted by Crippen LogP contribution is 2.28. The number of pyridine rings is 1. The third-order valence-corrected chi connectivity index (χ3v) is 4.53. The summed E-state index contributed by atoms with van der Waals surface area (Å²) in [4.78, 5) is 16.4. The van der Waals surface area contributed by atoms with Crippen LogP contribution in [0.1, 0.15) is 19.3 Å². The Morgan fingerprint density at radius 1 is 1.33 bits per heavy atom. The standard InChI is InChI=1S/C16H18N4O/c21-16(19-15-8-13-3-4-14(15)18-13)20-7-5-12(10-20)11-2-1-6-17-9-11/h1-2,5-7,9-10,13-15,18H,3-4,8H2,(H,19,21). The largest absolute Gasteiger partial charge is 0.333 e. The van der Waals surface area contributed by atoms with Crippen LogP contribution in [0.25, 0.3) is 11.1 Å². The lowest BCUT2D eigenvalue weighted by Crippen LogP contribution is -2.44. The molecule has 2 aliphatic heterocycles. The van der Waals surface area contributed by atoms with Crippen molar-refractivity contribution in [3.8, 4) is 11.1 Å². The van der Waals surface area contributed by atoms with Gasteiger partial charge in [0.15, 0.2) is 0 Å². The number of nitrogens with one attached hydrogen (secondary N) is 2. The molecule has 4 rings (SSSR count). The van der Waals surface area contributed by atoms with E-state index in [1.807, 2.05) is 24.4 Å². The molecule has 2 N–H and O–H groups in total. The SMILES string of the molecule is O=C(NC1CC2CCC1N2)n1ccc(-c2cccnc2)c1. The molecule has 2 aliphatic rings. The first-order chi connectivity index (χ1) is 10.3. The molecule has 2 bridgehead atoms. The third-order valence-electron chi connectivity index (χ3n) is 4.53. The van der Waals surface area contributed by atoms with Gasteiger partial charge in [0.1, 0.15) is 0 Å². The number of carbonyl (C=O) groups excluding carboxylic acids is 1. The fourth-order valence-electron chi connectivity index (χ4n) is 3.44. The summed E-state index contributed by atoms with van der Waals surface area (Å²) in [6, 6.07) is 7.08. The molecular weight excluding hydrogens is 264 g/mol. The summed E-state index contributed by atoms with van der Waals surface area (Å²) >= 11 is 0. The zero-order valence-electron chi connectivity index (χ0n) is 11.7. The zero-order valence-corrected chi connectivity index (χ0v) is 11.7. The number of hydrogen-bond donors (Lipinski definition) is 2. The van der Waals surface area contributed by atoms with Crippen LogP contribution in [0.2, 0.25) is 0 Å². The lowest BCUT2D eigenvalue weighted by atomic mass is 9.96. The Morgan fingerprint density at radius 2 is 2.29 bits per heavy atom. The van der Waals surface area contributed by atoms with Crippen LogP contribution < -0.4 is 10.6 Å². The molecule has 108 valence electrons. The first kappa shape index (κ1) is 12.6. The maximum atomic E-state index is 12.3. The van der Waals surface area contributed by atoms with Crippen molar-refractivity contribution in [3.63, 3.8) is 0 Å². The van der Waals surface area contributed by atoms with Gasteiger partial charge >= 0.3 is 6.03 Å². The van der Waals surface area contributed by atoms with Crippen molar-refractivity contribution >= 4 is 6.03 Å². The molecule has 4 heterocycles. The summed E-state index contributed by atoms with van der Waals surface area (Å²) < 4.78 is 1.62. The Morgan fingerprint density at radius 3 is 3.00 bits per heavy atom. The highest BCUT2D eigenvalue weighted by atomic mass is 16.2. The van der Waals surface area contributed by atoms with Crippen molar-refractivity contribution < 1.29 is 4.79 Å². The summed E-state index contributed by atoms with van der Waals surface area (Å²) in [6.07, 6.45) is 10.7. The maximum Gasteiger partial charge on any atom is 0.325 e. The van der Waals surface area contributed by atoms with Gasteiger partial charge in [0.05, 0.1) is 0 Å². The minimum atomic E-state index is -0.0514. The molecule has 2 aromatic heterocycles. The number of hydrogen-bond acceptors (Lipinski definition) is 3. The van der Waals surface area contributed by atoms with Crippen molar-refractivity contribution in [2.75, 3.05) is 0 Å². The van der Waals surface area contributed by atoms with Gasteiger partial charge in [-0.3, -0.25) is 9.55 Å². The van der Waals surface area contributed by atoms with Crippen molar-refractivity contribution in [1.29, 1.82) is 0 Å². The van der Waals surface area contributed by atoms with E-state index in [1.54, 1.807) is 23.2 Å². The molecule has 21 heavy (non-hydrogen) atoms. The first-order valence-corrected chi connectivity index (χ1v) is 7.45. The van der Waals surface area contributed by atoms with E-state index in [4.69, 9.17) is 0 Å². The Bertz CT molecular complexity index is 651. The summed E-state index contributed by atoms with van der Waals surface area (Å²) in [5.41, 5.74) is 2.02. The highest BCUT2D eigenvalue weighted by molar-refractivity contribution is 5.79. The number of rotatable bonds is 2. The monoisotopic (exact) mass is 282 g/mol. The number of aromatic nitrogens is 2. The minimum Gasteiger partial charge on any atom is -0.333 e. The number of fused-ring (bicyclic) bond motifs is 2. The Labute approximate surface area is 123 Å². The van der Waals surface area contributed by atoms with Crippen LogP contribution in [0.5, 0.6) is 0 Å². The molecule has 1 amide bonds. The average Bonchev–Trinajstić information content (AvgIpc) is 3.24. The van der Waals surface area contributed by atoms with Gasteiger partial charge in [-0.25, -0.2) is 4.79 Å². The fraction of sp³-hybridized carbons (Fsp3) is 0.375. The van der Waals surface area contributed by atoms with Gasteiger partial charge in [-0.05, 0) is 31.4 Å². The minimum absolute atomic E-state index is 0.0514. The second kappa shape index (κ2) is 5.00. The first-order valence-electron chi connectivity index (χ1n) is 7.45. The molecule has 0 spiro atoms. The molecule has 3 atom stereocenters. The lowest BCUT2D eigenvalue weighted by molar-refractivity contribution is 0.236. The molecule has 2 aromatic rings. The van der Waals surface area contributed by atoms with Crippen LogP contribution in [-0.2, 0) is 0 Å². The molecular formula is C16H18N4O. The second-order valence-corrected chi connectivity index (χ2v) is 5.89. The molecule has 0 saturated carbocycles. The maximum absolute atomic E-state index is 12.3. The normalized spacial score (nSPS) is 27.0. The average molecular weight is 282 g/mol. The van der Waals surface area contributed by atoms with Gasteiger partial charge < -0.3 is 10.6 Å². The molecule has 0 aliphatic carbocycles. The van der Waals surface area contributed by atoms with Crippen LogP contribution in [-0.4, -0.2) is 33.7 Å². The zero-order chi connectivity index (χ0) is 14.2. The van der Waals surface area contributed by atoms with Crippen molar-refractivity contribution in [2.24, 2.45) is 0 Å². The van der Waals surface area contributed by atoms with Gasteiger partial charge in [0, 0.05) is 54.0 Å². The molecule has 5 heteroatoms. The van der Waals surface area contributed by atoms with Crippen LogP contribution >= 0.6 is 0 Å². The van der Waals surface area contributed by atoms with Crippen molar-refractivity contribution in [3.05, 3.63) is 43.0 Å². The Kier molecular flexibility index (Phi) is 3.00. The van der Waals surface area contributed by atoms with E-state index < -0.39 is 0 Å². The van der Waals surface area contributed by atoms with E-state index in [0.29, 0.717) is 12.1 Å². The lowest BCUT2D eigenvalue weighted by Gasteiger charge is -2.21. The summed E-state index contributed by atoms with van der Waals surface area (Å²) in [5, 5.41) is 6.67. The second-order valence-electron chi connectivity index (χ2n) is 5.89. The quantitative estimate of drug-likeness (QED) is 0.885.